The predicted octanol–water partition coefficient (Wildman–Crippen LogP) is 2.76. The lowest BCUT2D eigenvalue weighted by atomic mass is 10.1. The van der Waals surface area contributed by atoms with Gasteiger partial charge in [-0.2, -0.15) is 11.8 Å². The molecular weight excluding hydrogens is 242 g/mol. The summed E-state index contributed by atoms with van der Waals surface area (Å²) in [7, 11) is 0. The Morgan fingerprint density at radius 2 is 2.11 bits per heavy atom. The number of nitrogen functional groups attached to an aromatic ring is 1. The van der Waals surface area contributed by atoms with Gasteiger partial charge in [0.15, 0.2) is 0 Å². The van der Waals surface area contributed by atoms with Gasteiger partial charge in [-0.1, -0.05) is 6.07 Å². The van der Waals surface area contributed by atoms with Crippen molar-refractivity contribution >= 4 is 33.9 Å². The predicted molar refractivity (Wildman–Crippen MR) is 80.3 cm³/mol. The molecule has 1 aliphatic heterocycles. The van der Waals surface area contributed by atoms with E-state index in [-0.39, 0.29) is 0 Å². The number of anilines is 2. The molecule has 0 spiro atoms. The first-order chi connectivity index (χ1) is 8.86. The third-order valence-electron chi connectivity index (χ3n) is 3.40. The summed E-state index contributed by atoms with van der Waals surface area (Å²) in [5.41, 5.74) is 8.39. The number of nitrogens with zero attached hydrogens (tertiary/aromatic N) is 2. The van der Waals surface area contributed by atoms with Crippen LogP contribution in [-0.4, -0.2) is 29.6 Å². The van der Waals surface area contributed by atoms with E-state index in [1.165, 1.54) is 23.6 Å². The molecule has 94 valence electrons. The maximum atomic E-state index is 6.32. The molecule has 4 heteroatoms. The molecule has 2 N–H and O–H groups in total. The van der Waals surface area contributed by atoms with E-state index in [0.717, 1.165) is 29.5 Å². The minimum Gasteiger partial charge on any atom is -0.397 e. The van der Waals surface area contributed by atoms with Gasteiger partial charge in [-0.05, 0) is 24.3 Å². The Morgan fingerprint density at radius 3 is 3.06 bits per heavy atom. The van der Waals surface area contributed by atoms with Gasteiger partial charge >= 0.3 is 0 Å². The number of hydrogen-bond donors (Lipinski definition) is 1. The van der Waals surface area contributed by atoms with Gasteiger partial charge in [0.2, 0.25) is 0 Å². The van der Waals surface area contributed by atoms with Crippen LogP contribution >= 0.6 is 11.8 Å². The first-order valence-electron chi connectivity index (χ1n) is 6.31. The number of rotatable bonds is 1. The summed E-state index contributed by atoms with van der Waals surface area (Å²) in [6, 6.07) is 6.25. The number of benzene rings is 1. The van der Waals surface area contributed by atoms with Crippen molar-refractivity contribution in [2.45, 2.75) is 6.42 Å². The van der Waals surface area contributed by atoms with E-state index < -0.39 is 0 Å². The van der Waals surface area contributed by atoms with Gasteiger partial charge in [-0.25, -0.2) is 0 Å². The quantitative estimate of drug-likeness (QED) is 0.800. The largest absolute Gasteiger partial charge is 0.397 e. The molecule has 0 atom stereocenters. The molecule has 1 aliphatic rings. The summed E-state index contributed by atoms with van der Waals surface area (Å²) >= 11 is 2.03. The van der Waals surface area contributed by atoms with Crippen LogP contribution in [0.5, 0.6) is 0 Å². The molecule has 0 saturated carbocycles. The van der Waals surface area contributed by atoms with Gasteiger partial charge in [0, 0.05) is 42.0 Å². The molecule has 0 unspecified atom stereocenters. The average Bonchev–Trinajstić information content (AvgIpc) is 2.68. The molecule has 0 bridgehead atoms. The van der Waals surface area contributed by atoms with Crippen molar-refractivity contribution in [1.82, 2.24) is 4.98 Å². The van der Waals surface area contributed by atoms with Crippen molar-refractivity contribution < 1.29 is 0 Å². The number of thioether (sulfide) groups is 1. The monoisotopic (exact) mass is 259 g/mol. The Labute approximate surface area is 111 Å². The molecule has 3 rings (SSSR count). The Kier molecular flexibility index (Phi) is 3.28. The Bertz CT molecular complexity index is 548. The topological polar surface area (TPSA) is 42.1 Å². The lowest BCUT2D eigenvalue weighted by Crippen LogP contribution is -2.26. The lowest BCUT2D eigenvalue weighted by Gasteiger charge is -2.24. The average molecular weight is 259 g/mol. The van der Waals surface area contributed by atoms with Crippen molar-refractivity contribution in [2.75, 3.05) is 35.2 Å². The minimum absolute atomic E-state index is 0.891. The fourth-order valence-corrected chi connectivity index (χ4v) is 3.33. The fraction of sp³-hybridized carbons (Fsp3) is 0.357. The van der Waals surface area contributed by atoms with Crippen LogP contribution in [0.3, 0.4) is 0 Å². The molecule has 18 heavy (non-hydrogen) atoms. The first kappa shape index (κ1) is 11.7. The van der Waals surface area contributed by atoms with E-state index >= 15 is 0 Å². The maximum absolute atomic E-state index is 6.32. The fourth-order valence-electron chi connectivity index (χ4n) is 2.44. The highest BCUT2D eigenvalue weighted by molar-refractivity contribution is 7.99. The summed E-state index contributed by atoms with van der Waals surface area (Å²) in [5.74, 6) is 2.45. The highest BCUT2D eigenvalue weighted by Gasteiger charge is 2.14. The minimum atomic E-state index is 0.891. The number of pyridine rings is 1. The van der Waals surface area contributed by atoms with E-state index in [1.54, 1.807) is 6.20 Å². The van der Waals surface area contributed by atoms with Crippen LogP contribution in [0.1, 0.15) is 6.42 Å². The summed E-state index contributed by atoms with van der Waals surface area (Å²) < 4.78 is 0. The molecule has 0 radical (unpaired) electrons. The summed E-state index contributed by atoms with van der Waals surface area (Å²) in [6.07, 6.45) is 4.91. The normalized spacial score (nSPS) is 16.8. The van der Waals surface area contributed by atoms with E-state index in [9.17, 15) is 0 Å². The Morgan fingerprint density at radius 1 is 1.17 bits per heavy atom. The van der Waals surface area contributed by atoms with Crippen LogP contribution < -0.4 is 10.6 Å². The van der Waals surface area contributed by atoms with E-state index in [1.807, 2.05) is 24.0 Å². The zero-order valence-corrected chi connectivity index (χ0v) is 11.1. The highest BCUT2D eigenvalue weighted by Crippen LogP contribution is 2.31. The third kappa shape index (κ3) is 2.12. The molecule has 2 heterocycles. The van der Waals surface area contributed by atoms with E-state index in [2.05, 4.69) is 22.0 Å². The molecule has 3 nitrogen and oxygen atoms in total. The molecular formula is C14H17N3S. The second-order valence-corrected chi connectivity index (χ2v) is 5.77. The zero-order chi connectivity index (χ0) is 12.4. The van der Waals surface area contributed by atoms with Crippen LogP contribution in [-0.2, 0) is 0 Å². The van der Waals surface area contributed by atoms with Crippen molar-refractivity contribution in [3.8, 4) is 0 Å². The van der Waals surface area contributed by atoms with Gasteiger partial charge < -0.3 is 10.6 Å². The number of hydrogen-bond acceptors (Lipinski definition) is 4. The standard InChI is InChI=1S/C14H17N3S/c15-14-12-4-5-16-10-11(12)2-3-13(14)17-6-1-8-18-9-7-17/h2-5,10H,1,6-9,15H2. The van der Waals surface area contributed by atoms with Crippen molar-refractivity contribution in [3.63, 3.8) is 0 Å². The van der Waals surface area contributed by atoms with Gasteiger partial charge in [0.1, 0.15) is 0 Å². The van der Waals surface area contributed by atoms with Gasteiger partial charge in [0.25, 0.3) is 0 Å². The SMILES string of the molecule is Nc1c(N2CCCSCC2)ccc2cnccc12. The number of fused-ring (bicyclic) bond motifs is 1. The van der Waals surface area contributed by atoms with Crippen LogP contribution in [0.15, 0.2) is 30.6 Å². The van der Waals surface area contributed by atoms with Crippen LogP contribution in [0.4, 0.5) is 11.4 Å². The highest BCUT2D eigenvalue weighted by atomic mass is 32.2. The third-order valence-corrected chi connectivity index (χ3v) is 4.45. The maximum Gasteiger partial charge on any atom is 0.0632 e. The van der Waals surface area contributed by atoms with Crippen molar-refractivity contribution in [2.24, 2.45) is 0 Å². The molecule has 1 saturated heterocycles. The molecule has 1 aromatic carbocycles. The molecule has 1 fully saturated rings. The zero-order valence-electron chi connectivity index (χ0n) is 10.3. The number of nitrogens with two attached hydrogens (primary N) is 1. The van der Waals surface area contributed by atoms with Gasteiger partial charge in [-0.3, -0.25) is 4.98 Å². The first-order valence-corrected chi connectivity index (χ1v) is 7.46. The Hall–Kier alpha value is -1.42. The van der Waals surface area contributed by atoms with Crippen molar-refractivity contribution in [1.29, 1.82) is 0 Å². The molecule has 2 aromatic rings. The van der Waals surface area contributed by atoms with E-state index in [0.29, 0.717) is 0 Å². The van der Waals surface area contributed by atoms with Crippen LogP contribution in [0.25, 0.3) is 10.8 Å². The van der Waals surface area contributed by atoms with E-state index in [4.69, 9.17) is 5.73 Å². The smallest absolute Gasteiger partial charge is 0.0632 e. The molecule has 1 aromatic heterocycles. The second kappa shape index (κ2) is 5.06. The summed E-state index contributed by atoms with van der Waals surface area (Å²) in [6.45, 7) is 2.19. The summed E-state index contributed by atoms with van der Waals surface area (Å²) in [5, 5.41) is 2.22. The van der Waals surface area contributed by atoms with Gasteiger partial charge in [0.05, 0.1) is 11.4 Å². The van der Waals surface area contributed by atoms with Gasteiger partial charge in [-0.15, -0.1) is 0 Å². The van der Waals surface area contributed by atoms with Crippen LogP contribution in [0.2, 0.25) is 0 Å². The summed E-state index contributed by atoms with van der Waals surface area (Å²) in [4.78, 5) is 6.55. The Balaban J connectivity index is 2.03. The van der Waals surface area contributed by atoms with Crippen LogP contribution in [0, 0.1) is 0 Å². The lowest BCUT2D eigenvalue weighted by molar-refractivity contribution is 0.818. The molecule has 0 aliphatic carbocycles. The van der Waals surface area contributed by atoms with Crippen molar-refractivity contribution in [3.05, 3.63) is 30.6 Å². The second-order valence-electron chi connectivity index (χ2n) is 4.55. The molecule has 0 amide bonds. The number of aromatic nitrogens is 1.